The van der Waals surface area contributed by atoms with Gasteiger partial charge in [0.25, 0.3) is 0 Å². The molecule has 2 unspecified atom stereocenters. The van der Waals surface area contributed by atoms with E-state index < -0.39 is 0 Å². The molecule has 1 saturated carbocycles. The topological polar surface area (TPSA) is 45.1 Å². The molecule has 1 aromatic heterocycles. The van der Waals surface area contributed by atoms with Crippen LogP contribution < -0.4 is 5.32 Å². The number of rotatable bonds is 4. The lowest BCUT2D eigenvalue weighted by molar-refractivity contribution is 0.0695. The van der Waals surface area contributed by atoms with Gasteiger partial charge in [-0.15, -0.1) is 0 Å². The summed E-state index contributed by atoms with van der Waals surface area (Å²) >= 11 is 0. The fourth-order valence-electron chi connectivity index (χ4n) is 2.33. The molecule has 1 heterocycles. The third kappa shape index (κ3) is 3.29. The Labute approximate surface area is 96.9 Å². The Morgan fingerprint density at radius 2 is 2.00 bits per heavy atom. The standard InChI is InChI=1S/C13H20N2O/c16-13-4-2-1-3-12(13)10-15-9-11-5-7-14-8-6-11/h5-8,12-13,15-16H,1-4,9-10H2. The molecule has 2 atom stereocenters. The molecule has 2 rings (SSSR count). The van der Waals surface area contributed by atoms with E-state index in [0.717, 1.165) is 25.9 Å². The van der Waals surface area contributed by atoms with Crippen molar-refractivity contribution in [3.05, 3.63) is 30.1 Å². The van der Waals surface area contributed by atoms with Crippen molar-refractivity contribution in [1.29, 1.82) is 0 Å². The van der Waals surface area contributed by atoms with Crippen LogP contribution in [0.25, 0.3) is 0 Å². The normalized spacial score (nSPS) is 25.6. The Morgan fingerprint density at radius 3 is 2.75 bits per heavy atom. The minimum atomic E-state index is -0.0984. The molecular weight excluding hydrogens is 200 g/mol. The minimum absolute atomic E-state index is 0.0984. The Balaban J connectivity index is 1.71. The molecule has 1 aromatic rings. The van der Waals surface area contributed by atoms with Crippen LogP contribution in [0.4, 0.5) is 0 Å². The van der Waals surface area contributed by atoms with Crippen molar-refractivity contribution in [2.45, 2.75) is 38.3 Å². The van der Waals surface area contributed by atoms with Crippen molar-refractivity contribution in [3.63, 3.8) is 0 Å². The van der Waals surface area contributed by atoms with Gasteiger partial charge in [0.05, 0.1) is 6.10 Å². The van der Waals surface area contributed by atoms with Crippen LogP contribution >= 0.6 is 0 Å². The molecule has 1 fully saturated rings. The summed E-state index contributed by atoms with van der Waals surface area (Å²) in [7, 11) is 0. The van der Waals surface area contributed by atoms with Gasteiger partial charge >= 0.3 is 0 Å². The van der Waals surface area contributed by atoms with Crippen LogP contribution in [0.3, 0.4) is 0 Å². The van der Waals surface area contributed by atoms with Crippen LogP contribution in [0.1, 0.15) is 31.2 Å². The maximum absolute atomic E-state index is 9.82. The second-order valence-electron chi connectivity index (χ2n) is 4.60. The van der Waals surface area contributed by atoms with Crippen LogP contribution in [0.2, 0.25) is 0 Å². The molecule has 88 valence electrons. The van der Waals surface area contributed by atoms with E-state index in [1.54, 1.807) is 0 Å². The van der Waals surface area contributed by atoms with Gasteiger partial charge in [-0.2, -0.15) is 0 Å². The molecule has 0 aliphatic heterocycles. The Morgan fingerprint density at radius 1 is 1.25 bits per heavy atom. The number of pyridine rings is 1. The zero-order chi connectivity index (χ0) is 11.2. The van der Waals surface area contributed by atoms with Crippen molar-refractivity contribution >= 4 is 0 Å². The highest BCUT2D eigenvalue weighted by atomic mass is 16.3. The van der Waals surface area contributed by atoms with E-state index in [-0.39, 0.29) is 6.10 Å². The minimum Gasteiger partial charge on any atom is -0.393 e. The number of nitrogens with one attached hydrogen (secondary N) is 1. The molecule has 0 spiro atoms. The average molecular weight is 220 g/mol. The van der Waals surface area contributed by atoms with Crippen molar-refractivity contribution in [3.8, 4) is 0 Å². The summed E-state index contributed by atoms with van der Waals surface area (Å²) in [4.78, 5) is 3.99. The lowest BCUT2D eigenvalue weighted by Gasteiger charge is -2.27. The summed E-state index contributed by atoms with van der Waals surface area (Å²) in [6.45, 7) is 1.79. The van der Waals surface area contributed by atoms with Crippen molar-refractivity contribution < 1.29 is 5.11 Å². The number of aliphatic hydroxyl groups excluding tert-OH is 1. The third-order valence-corrected chi connectivity index (χ3v) is 3.35. The molecule has 0 radical (unpaired) electrons. The summed E-state index contributed by atoms with van der Waals surface area (Å²) in [6.07, 6.45) is 8.10. The van der Waals surface area contributed by atoms with Crippen LogP contribution in [0.5, 0.6) is 0 Å². The van der Waals surface area contributed by atoms with E-state index in [9.17, 15) is 5.11 Å². The van der Waals surface area contributed by atoms with Crippen LogP contribution in [0.15, 0.2) is 24.5 Å². The molecule has 2 N–H and O–H groups in total. The summed E-state index contributed by atoms with van der Waals surface area (Å²) in [5, 5.41) is 13.2. The number of hydrogen-bond acceptors (Lipinski definition) is 3. The largest absolute Gasteiger partial charge is 0.393 e. The van der Waals surface area contributed by atoms with E-state index in [1.165, 1.54) is 18.4 Å². The number of aliphatic hydroxyl groups is 1. The predicted octanol–water partition coefficient (Wildman–Crippen LogP) is 1.72. The molecule has 0 saturated heterocycles. The molecule has 3 heteroatoms. The van der Waals surface area contributed by atoms with Gasteiger partial charge in [-0.05, 0) is 36.5 Å². The number of aromatic nitrogens is 1. The van der Waals surface area contributed by atoms with Crippen LogP contribution in [0, 0.1) is 5.92 Å². The highest BCUT2D eigenvalue weighted by Gasteiger charge is 2.22. The molecule has 1 aliphatic rings. The first-order valence-electron chi connectivity index (χ1n) is 6.14. The zero-order valence-electron chi connectivity index (χ0n) is 9.60. The maximum atomic E-state index is 9.82. The van der Waals surface area contributed by atoms with Gasteiger partial charge in [-0.3, -0.25) is 4.98 Å². The molecule has 0 amide bonds. The van der Waals surface area contributed by atoms with Gasteiger partial charge in [0.15, 0.2) is 0 Å². The van der Waals surface area contributed by atoms with Crippen LogP contribution in [-0.2, 0) is 6.54 Å². The fraction of sp³-hybridized carbons (Fsp3) is 0.615. The van der Waals surface area contributed by atoms with Crippen LogP contribution in [-0.4, -0.2) is 22.7 Å². The average Bonchev–Trinajstić information content (AvgIpc) is 2.33. The molecule has 0 bridgehead atoms. The second-order valence-corrected chi connectivity index (χ2v) is 4.60. The Kier molecular flexibility index (Phi) is 4.31. The fourth-order valence-corrected chi connectivity index (χ4v) is 2.33. The smallest absolute Gasteiger partial charge is 0.0580 e. The molecule has 0 aromatic carbocycles. The Bertz CT molecular complexity index is 302. The van der Waals surface area contributed by atoms with E-state index in [4.69, 9.17) is 0 Å². The third-order valence-electron chi connectivity index (χ3n) is 3.35. The summed E-state index contributed by atoms with van der Waals surface area (Å²) in [5.41, 5.74) is 1.25. The predicted molar refractivity (Wildman–Crippen MR) is 63.9 cm³/mol. The van der Waals surface area contributed by atoms with Gasteiger partial charge in [0, 0.05) is 25.5 Å². The summed E-state index contributed by atoms with van der Waals surface area (Å²) in [5.74, 6) is 0.440. The van der Waals surface area contributed by atoms with Gasteiger partial charge in [0.2, 0.25) is 0 Å². The number of nitrogens with zero attached hydrogens (tertiary/aromatic N) is 1. The van der Waals surface area contributed by atoms with E-state index in [2.05, 4.69) is 10.3 Å². The first-order valence-corrected chi connectivity index (χ1v) is 6.14. The lowest BCUT2D eigenvalue weighted by atomic mass is 9.86. The summed E-state index contributed by atoms with van der Waals surface area (Å²) in [6, 6.07) is 4.04. The number of hydrogen-bond donors (Lipinski definition) is 2. The van der Waals surface area contributed by atoms with E-state index >= 15 is 0 Å². The maximum Gasteiger partial charge on any atom is 0.0580 e. The quantitative estimate of drug-likeness (QED) is 0.812. The van der Waals surface area contributed by atoms with Gasteiger partial charge in [-0.1, -0.05) is 12.8 Å². The highest BCUT2D eigenvalue weighted by molar-refractivity contribution is 5.08. The molecule has 3 nitrogen and oxygen atoms in total. The van der Waals surface area contributed by atoms with E-state index in [1.807, 2.05) is 24.5 Å². The van der Waals surface area contributed by atoms with Gasteiger partial charge < -0.3 is 10.4 Å². The van der Waals surface area contributed by atoms with Crippen molar-refractivity contribution in [2.75, 3.05) is 6.54 Å². The van der Waals surface area contributed by atoms with Crippen molar-refractivity contribution in [2.24, 2.45) is 5.92 Å². The lowest BCUT2D eigenvalue weighted by Crippen LogP contribution is -2.33. The molecular formula is C13H20N2O. The highest BCUT2D eigenvalue weighted by Crippen LogP contribution is 2.23. The second kappa shape index (κ2) is 5.97. The molecule has 1 aliphatic carbocycles. The Hall–Kier alpha value is -0.930. The molecule has 16 heavy (non-hydrogen) atoms. The van der Waals surface area contributed by atoms with Crippen molar-refractivity contribution in [1.82, 2.24) is 10.3 Å². The first kappa shape index (κ1) is 11.6. The van der Waals surface area contributed by atoms with E-state index in [0.29, 0.717) is 5.92 Å². The van der Waals surface area contributed by atoms with Gasteiger partial charge in [0.1, 0.15) is 0 Å². The monoisotopic (exact) mass is 220 g/mol. The van der Waals surface area contributed by atoms with Gasteiger partial charge in [-0.25, -0.2) is 0 Å². The summed E-state index contributed by atoms with van der Waals surface area (Å²) < 4.78 is 0. The zero-order valence-corrected chi connectivity index (χ0v) is 9.60. The first-order chi connectivity index (χ1) is 7.86. The SMILES string of the molecule is OC1CCCCC1CNCc1ccncc1.